The number of benzene rings is 1. The zero-order chi connectivity index (χ0) is 13.3. The highest BCUT2D eigenvalue weighted by Gasteiger charge is 2.36. The molecule has 1 aromatic carbocycles. The van der Waals surface area contributed by atoms with Crippen LogP contribution in [0.5, 0.6) is 0 Å². The van der Waals surface area contributed by atoms with Gasteiger partial charge in [-0.05, 0) is 42.2 Å². The Morgan fingerprint density at radius 3 is 2.47 bits per heavy atom. The Bertz CT molecular complexity index is 577. The van der Waals surface area contributed by atoms with E-state index in [9.17, 15) is 10.2 Å². The van der Waals surface area contributed by atoms with Gasteiger partial charge in [0.15, 0.2) is 0 Å². The number of fused-ring (bicyclic) bond motifs is 1. The van der Waals surface area contributed by atoms with Gasteiger partial charge in [0.2, 0.25) is 0 Å². The van der Waals surface area contributed by atoms with Gasteiger partial charge < -0.3 is 10.2 Å². The summed E-state index contributed by atoms with van der Waals surface area (Å²) in [4.78, 5) is 4.35. The number of nitrogens with zero attached hydrogens (tertiary/aromatic N) is 1. The largest absolute Gasteiger partial charge is 0.396 e. The van der Waals surface area contributed by atoms with Crippen LogP contribution >= 0.6 is 0 Å². The highest BCUT2D eigenvalue weighted by molar-refractivity contribution is 5.61. The quantitative estimate of drug-likeness (QED) is 0.879. The molecule has 3 nitrogen and oxygen atoms in total. The van der Waals surface area contributed by atoms with Crippen LogP contribution in [0.2, 0.25) is 0 Å². The molecule has 0 fully saturated rings. The lowest BCUT2D eigenvalue weighted by Crippen LogP contribution is -2.30. The fraction of sp³-hybridized carbons (Fsp3) is 0.312. The number of aliphatic hydroxyl groups excluding tert-OH is 2. The molecule has 3 rings (SSSR count). The van der Waals surface area contributed by atoms with Crippen LogP contribution in [0.4, 0.5) is 0 Å². The van der Waals surface area contributed by atoms with E-state index in [0.29, 0.717) is 0 Å². The van der Waals surface area contributed by atoms with Crippen LogP contribution in [-0.4, -0.2) is 28.4 Å². The first-order valence-corrected chi connectivity index (χ1v) is 6.51. The normalized spacial score (nSPS) is 16.3. The van der Waals surface area contributed by atoms with E-state index in [1.54, 1.807) is 6.20 Å². The van der Waals surface area contributed by atoms with Gasteiger partial charge in [-0.3, -0.25) is 4.98 Å². The first-order chi connectivity index (χ1) is 9.26. The molecule has 1 aliphatic rings. The van der Waals surface area contributed by atoms with Crippen molar-refractivity contribution in [2.45, 2.75) is 12.8 Å². The van der Waals surface area contributed by atoms with E-state index in [0.717, 1.165) is 24.1 Å². The van der Waals surface area contributed by atoms with Gasteiger partial charge in [-0.1, -0.05) is 18.2 Å². The SMILES string of the molecule is OCC1(CO)Cc2ccc(-c3ccccn3)cc2C1. The van der Waals surface area contributed by atoms with E-state index < -0.39 is 0 Å². The number of hydrogen-bond donors (Lipinski definition) is 2. The molecule has 19 heavy (non-hydrogen) atoms. The summed E-state index contributed by atoms with van der Waals surface area (Å²) in [7, 11) is 0. The number of rotatable bonds is 3. The van der Waals surface area contributed by atoms with Crippen molar-refractivity contribution in [2.24, 2.45) is 5.41 Å². The van der Waals surface area contributed by atoms with Crippen LogP contribution in [0.3, 0.4) is 0 Å². The van der Waals surface area contributed by atoms with E-state index >= 15 is 0 Å². The van der Waals surface area contributed by atoms with Crippen molar-refractivity contribution < 1.29 is 10.2 Å². The van der Waals surface area contributed by atoms with Crippen LogP contribution in [0.25, 0.3) is 11.3 Å². The summed E-state index contributed by atoms with van der Waals surface area (Å²) in [6.07, 6.45) is 3.27. The Labute approximate surface area is 112 Å². The summed E-state index contributed by atoms with van der Waals surface area (Å²) in [5.41, 5.74) is 4.10. The second-order valence-electron chi connectivity index (χ2n) is 5.37. The summed E-state index contributed by atoms with van der Waals surface area (Å²) in [6.45, 7) is 0.0498. The van der Waals surface area contributed by atoms with E-state index in [1.165, 1.54) is 11.1 Å². The molecule has 1 aromatic heterocycles. The topological polar surface area (TPSA) is 53.4 Å². The monoisotopic (exact) mass is 255 g/mol. The molecule has 0 radical (unpaired) electrons. The maximum Gasteiger partial charge on any atom is 0.0702 e. The Morgan fingerprint density at radius 1 is 1.00 bits per heavy atom. The lowest BCUT2D eigenvalue weighted by atomic mass is 9.87. The minimum absolute atomic E-state index is 0.0249. The Hall–Kier alpha value is -1.71. The van der Waals surface area contributed by atoms with Gasteiger partial charge in [-0.15, -0.1) is 0 Å². The van der Waals surface area contributed by atoms with Gasteiger partial charge >= 0.3 is 0 Å². The molecule has 0 saturated heterocycles. The predicted molar refractivity (Wildman–Crippen MR) is 73.7 cm³/mol. The van der Waals surface area contributed by atoms with Crippen molar-refractivity contribution in [3.05, 3.63) is 53.7 Å². The van der Waals surface area contributed by atoms with E-state index in [1.807, 2.05) is 18.2 Å². The summed E-state index contributed by atoms with van der Waals surface area (Å²) in [5.74, 6) is 0. The second kappa shape index (κ2) is 4.76. The Kier molecular flexibility index (Phi) is 3.09. The third kappa shape index (κ3) is 2.15. The van der Waals surface area contributed by atoms with Gasteiger partial charge in [-0.25, -0.2) is 0 Å². The molecule has 0 unspecified atom stereocenters. The van der Waals surface area contributed by atoms with Gasteiger partial charge in [-0.2, -0.15) is 0 Å². The molecule has 1 aliphatic carbocycles. The van der Waals surface area contributed by atoms with Crippen LogP contribution in [0.15, 0.2) is 42.6 Å². The average molecular weight is 255 g/mol. The maximum absolute atomic E-state index is 9.50. The minimum Gasteiger partial charge on any atom is -0.396 e. The molecular formula is C16H17NO2. The van der Waals surface area contributed by atoms with Crippen LogP contribution < -0.4 is 0 Å². The molecule has 3 heteroatoms. The van der Waals surface area contributed by atoms with Crippen LogP contribution in [0, 0.1) is 5.41 Å². The first-order valence-electron chi connectivity index (χ1n) is 6.51. The number of pyridine rings is 1. The molecule has 0 aliphatic heterocycles. The fourth-order valence-corrected chi connectivity index (χ4v) is 2.80. The first kappa shape index (κ1) is 12.3. The number of hydrogen-bond acceptors (Lipinski definition) is 3. The van der Waals surface area contributed by atoms with Crippen molar-refractivity contribution in [2.75, 3.05) is 13.2 Å². The molecular weight excluding hydrogens is 238 g/mol. The van der Waals surface area contributed by atoms with Crippen LogP contribution in [0.1, 0.15) is 11.1 Å². The van der Waals surface area contributed by atoms with Crippen molar-refractivity contribution >= 4 is 0 Å². The highest BCUT2D eigenvalue weighted by atomic mass is 16.3. The molecule has 0 atom stereocenters. The molecule has 1 heterocycles. The predicted octanol–water partition coefficient (Wildman–Crippen LogP) is 1.82. The van der Waals surface area contributed by atoms with E-state index in [4.69, 9.17) is 0 Å². The second-order valence-corrected chi connectivity index (χ2v) is 5.37. The zero-order valence-corrected chi connectivity index (χ0v) is 10.7. The van der Waals surface area contributed by atoms with Crippen molar-refractivity contribution in [1.82, 2.24) is 4.98 Å². The molecule has 0 spiro atoms. The molecule has 0 bridgehead atoms. The summed E-state index contributed by atoms with van der Waals surface area (Å²) < 4.78 is 0. The van der Waals surface area contributed by atoms with Gasteiger partial charge in [0.1, 0.15) is 0 Å². The van der Waals surface area contributed by atoms with Gasteiger partial charge in [0, 0.05) is 17.2 Å². The zero-order valence-electron chi connectivity index (χ0n) is 10.7. The average Bonchev–Trinajstić information content (AvgIpc) is 2.86. The van der Waals surface area contributed by atoms with Crippen molar-refractivity contribution in [3.8, 4) is 11.3 Å². The Balaban J connectivity index is 1.96. The standard InChI is InChI=1S/C16H17NO2/c18-10-16(11-19)8-13-5-4-12(7-14(13)9-16)15-3-1-2-6-17-15/h1-7,18-19H,8-11H2. The smallest absolute Gasteiger partial charge is 0.0702 e. The summed E-state index contributed by atoms with van der Waals surface area (Å²) in [5, 5.41) is 19.0. The van der Waals surface area contributed by atoms with Crippen molar-refractivity contribution in [1.29, 1.82) is 0 Å². The minimum atomic E-state index is -0.384. The van der Waals surface area contributed by atoms with Crippen LogP contribution in [-0.2, 0) is 12.8 Å². The number of aliphatic hydroxyl groups is 2. The lowest BCUT2D eigenvalue weighted by Gasteiger charge is -2.22. The highest BCUT2D eigenvalue weighted by Crippen LogP contribution is 2.37. The summed E-state index contributed by atoms with van der Waals surface area (Å²) >= 11 is 0. The van der Waals surface area contributed by atoms with Gasteiger partial charge in [0.25, 0.3) is 0 Å². The number of aromatic nitrogens is 1. The van der Waals surface area contributed by atoms with Crippen molar-refractivity contribution in [3.63, 3.8) is 0 Å². The molecule has 0 saturated carbocycles. The molecule has 2 aromatic rings. The van der Waals surface area contributed by atoms with E-state index in [2.05, 4.69) is 23.2 Å². The van der Waals surface area contributed by atoms with E-state index in [-0.39, 0.29) is 18.6 Å². The third-order valence-electron chi connectivity index (χ3n) is 3.97. The lowest BCUT2D eigenvalue weighted by molar-refractivity contribution is 0.0634. The fourth-order valence-electron chi connectivity index (χ4n) is 2.80. The molecule has 98 valence electrons. The molecule has 0 amide bonds. The molecule has 2 N–H and O–H groups in total. The Morgan fingerprint density at radius 2 is 1.79 bits per heavy atom. The summed E-state index contributed by atoms with van der Waals surface area (Å²) in [6, 6.07) is 12.1. The third-order valence-corrected chi connectivity index (χ3v) is 3.97. The van der Waals surface area contributed by atoms with Gasteiger partial charge in [0.05, 0.1) is 18.9 Å². The maximum atomic E-state index is 9.50.